The molecule has 1 rings (SSSR count). The number of imidazole rings is 1. The van der Waals surface area contributed by atoms with Crippen molar-refractivity contribution in [3.05, 3.63) is 22.1 Å². The van der Waals surface area contributed by atoms with Gasteiger partial charge in [0, 0.05) is 13.0 Å². The Hall–Kier alpha value is -1.92. The number of rotatable bonds is 4. The number of aryl methyl sites for hydroxylation is 1. The SMILES string of the molecule is CC(CC(=O)O)c1c([N+](=O)[O-])ncn1C. The third-order valence-electron chi connectivity index (χ3n) is 2.08. The van der Waals surface area contributed by atoms with Crippen LogP contribution in [0.1, 0.15) is 25.0 Å². The van der Waals surface area contributed by atoms with Crippen molar-refractivity contribution in [3.8, 4) is 0 Å². The van der Waals surface area contributed by atoms with Crippen LogP contribution in [0.3, 0.4) is 0 Å². The number of aliphatic carboxylic acids is 1. The summed E-state index contributed by atoms with van der Waals surface area (Å²) in [5.74, 6) is -1.69. The molecule has 0 bridgehead atoms. The summed E-state index contributed by atoms with van der Waals surface area (Å²) in [7, 11) is 1.60. The highest BCUT2D eigenvalue weighted by atomic mass is 16.6. The van der Waals surface area contributed by atoms with Gasteiger partial charge in [0.25, 0.3) is 0 Å². The standard InChI is InChI=1S/C8H11N3O4/c1-5(3-6(12)13)7-8(11(14)15)9-4-10(7)2/h4-5H,3H2,1-2H3,(H,12,13). The second kappa shape index (κ2) is 4.07. The van der Waals surface area contributed by atoms with Gasteiger partial charge in [-0.05, 0) is 9.91 Å². The number of carbonyl (C=O) groups is 1. The predicted molar refractivity (Wildman–Crippen MR) is 50.5 cm³/mol. The van der Waals surface area contributed by atoms with Crippen molar-refractivity contribution in [1.82, 2.24) is 9.55 Å². The van der Waals surface area contributed by atoms with Gasteiger partial charge in [-0.2, -0.15) is 0 Å². The van der Waals surface area contributed by atoms with Gasteiger partial charge in [0.1, 0.15) is 5.69 Å². The van der Waals surface area contributed by atoms with Crippen molar-refractivity contribution in [2.45, 2.75) is 19.3 Å². The molecule has 1 heterocycles. The van der Waals surface area contributed by atoms with Crippen molar-refractivity contribution >= 4 is 11.8 Å². The maximum Gasteiger partial charge on any atom is 0.385 e. The highest BCUT2D eigenvalue weighted by molar-refractivity contribution is 5.68. The van der Waals surface area contributed by atoms with Crippen LogP contribution >= 0.6 is 0 Å². The predicted octanol–water partition coefficient (Wildman–Crippen LogP) is 0.906. The van der Waals surface area contributed by atoms with Gasteiger partial charge in [-0.15, -0.1) is 0 Å². The highest BCUT2D eigenvalue weighted by Crippen LogP contribution is 2.26. The summed E-state index contributed by atoms with van der Waals surface area (Å²) in [6.45, 7) is 1.62. The maximum absolute atomic E-state index is 10.6. The molecule has 0 saturated carbocycles. The van der Waals surface area contributed by atoms with E-state index in [0.717, 1.165) is 0 Å². The second-order valence-electron chi connectivity index (χ2n) is 3.32. The van der Waals surface area contributed by atoms with Crippen LogP contribution in [0.2, 0.25) is 0 Å². The molecule has 0 aromatic carbocycles. The lowest BCUT2D eigenvalue weighted by molar-refractivity contribution is -0.390. The number of nitro groups is 1. The Morgan fingerprint density at radius 2 is 2.40 bits per heavy atom. The van der Waals surface area contributed by atoms with Crippen LogP contribution < -0.4 is 0 Å². The largest absolute Gasteiger partial charge is 0.481 e. The molecule has 0 aliphatic rings. The lowest BCUT2D eigenvalue weighted by atomic mass is 10.0. The van der Waals surface area contributed by atoms with Crippen molar-refractivity contribution in [2.75, 3.05) is 0 Å². The topological polar surface area (TPSA) is 98.3 Å². The Morgan fingerprint density at radius 1 is 1.80 bits per heavy atom. The van der Waals surface area contributed by atoms with Gasteiger partial charge in [-0.25, -0.2) is 0 Å². The summed E-state index contributed by atoms with van der Waals surface area (Å²) in [6.07, 6.45) is 1.16. The summed E-state index contributed by atoms with van der Waals surface area (Å²) in [5.41, 5.74) is 0.336. The molecule has 0 saturated heterocycles. The number of carboxylic acids is 1. The zero-order valence-electron chi connectivity index (χ0n) is 8.38. The average Bonchev–Trinajstić information content (AvgIpc) is 2.45. The number of carboxylic acid groups (broad SMARTS) is 1. The Balaban J connectivity index is 3.05. The van der Waals surface area contributed by atoms with Crippen molar-refractivity contribution in [2.24, 2.45) is 7.05 Å². The molecule has 7 nitrogen and oxygen atoms in total. The van der Waals surface area contributed by atoms with Gasteiger partial charge in [0.2, 0.25) is 6.33 Å². The fourth-order valence-electron chi connectivity index (χ4n) is 1.49. The molecule has 82 valence electrons. The van der Waals surface area contributed by atoms with Gasteiger partial charge in [-0.3, -0.25) is 4.79 Å². The van der Waals surface area contributed by atoms with Crippen LogP contribution in [-0.2, 0) is 11.8 Å². The molecule has 0 spiro atoms. The summed E-state index contributed by atoms with van der Waals surface area (Å²) < 4.78 is 1.48. The molecule has 0 aliphatic carbocycles. The molecule has 1 unspecified atom stereocenters. The summed E-state index contributed by atoms with van der Waals surface area (Å²) in [5, 5.41) is 19.2. The van der Waals surface area contributed by atoms with E-state index in [9.17, 15) is 14.9 Å². The van der Waals surface area contributed by atoms with Crippen LogP contribution in [0.15, 0.2) is 6.33 Å². The van der Waals surface area contributed by atoms with Crippen LogP contribution in [0.5, 0.6) is 0 Å². The van der Waals surface area contributed by atoms with E-state index in [4.69, 9.17) is 5.11 Å². The van der Waals surface area contributed by atoms with E-state index in [1.165, 1.54) is 10.9 Å². The zero-order chi connectivity index (χ0) is 11.6. The Labute approximate surface area is 85.5 Å². The van der Waals surface area contributed by atoms with Gasteiger partial charge in [0.15, 0.2) is 0 Å². The molecule has 15 heavy (non-hydrogen) atoms. The third kappa shape index (κ3) is 2.30. The second-order valence-corrected chi connectivity index (χ2v) is 3.32. The summed E-state index contributed by atoms with van der Waals surface area (Å²) in [6, 6.07) is 0. The molecule has 7 heteroatoms. The fraction of sp³-hybridized carbons (Fsp3) is 0.500. The molecule has 1 aromatic heterocycles. The van der Waals surface area contributed by atoms with Crippen molar-refractivity contribution < 1.29 is 14.8 Å². The minimum absolute atomic E-state index is 0.152. The highest BCUT2D eigenvalue weighted by Gasteiger charge is 2.26. The van der Waals surface area contributed by atoms with Gasteiger partial charge >= 0.3 is 11.8 Å². The van der Waals surface area contributed by atoms with E-state index in [1.54, 1.807) is 14.0 Å². The Morgan fingerprint density at radius 3 is 2.87 bits per heavy atom. The lowest BCUT2D eigenvalue weighted by Gasteiger charge is -2.08. The molecule has 1 atom stereocenters. The minimum atomic E-state index is -0.988. The first-order valence-corrected chi connectivity index (χ1v) is 4.31. The van der Waals surface area contributed by atoms with Gasteiger partial charge in [-0.1, -0.05) is 6.92 Å². The monoisotopic (exact) mass is 213 g/mol. The van der Waals surface area contributed by atoms with E-state index in [-0.39, 0.29) is 12.2 Å². The maximum atomic E-state index is 10.6. The van der Waals surface area contributed by atoms with E-state index >= 15 is 0 Å². The van der Waals surface area contributed by atoms with E-state index in [0.29, 0.717) is 5.69 Å². The number of hydrogen-bond donors (Lipinski definition) is 1. The molecule has 0 radical (unpaired) electrons. The van der Waals surface area contributed by atoms with Crippen molar-refractivity contribution in [3.63, 3.8) is 0 Å². The Bertz CT molecular complexity index is 399. The lowest BCUT2D eigenvalue weighted by Crippen LogP contribution is -2.08. The molecule has 1 aromatic rings. The zero-order valence-corrected chi connectivity index (χ0v) is 8.38. The summed E-state index contributed by atoms with van der Waals surface area (Å²) in [4.78, 5) is 24.1. The molecule has 0 amide bonds. The van der Waals surface area contributed by atoms with Crippen LogP contribution in [0.4, 0.5) is 5.82 Å². The number of hydrogen-bond acceptors (Lipinski definition) is 4. The smallest absolute Gasteiger partial charge is 0.385 e. The molecule has 0 aliphatic heterocycles. The number of nitrogens with zero attached hydrogens (tertiary/aromatic N) is 3. The third-order valence-corrected chi connectivity index (χ3v) is 2.08. The summed E-state index contributed by atoms with van der Waals surface area (Å²) >= 11 is 0. The van der Waals surface area contributed by atoms with E-state index < -0.39 is 16.8 Å². The molecular weight excluding hydrogens is 202 g/mol. The normalized spacial score (nSPS) is 12.4. The van der Waals surface area contributed by atoms with E-state index in [1.807, 2.05) is 0 Å². The van der Waals surface area contributed by atoms with Crippen LogP contribution in [-0.4, -0.2) is 25.6 Å². The van der Waals surface area contributed by atoms with Crippen LogP contribution in [0.25, 0.3) is 0 Å². The minimum Gasteiger partial charge on any atom is -0.481 e. The average molecular weight is 213 g/mol. The first-order chi connectivity index (χ1) is 6.93. The number of aromatic nitrogens is 2. The van der Waals surface area contributed by atoms with Gasteiger partial charge in [0.05, 0.1) is 6.42 Å². The Kier molecular flexibility index (Phi) is 3.03. The quantitative estimate of drug-likeness (QED) is 0.592. The molecule has 1 N–H and O–H groups in total. The van der Waals surface area contributed by atoms with E-state index in [2.05, 4.69) is 4.98 Å². The van der Waals surface area contributed by atoms with Crippen LogP contribution in [0, 0.1) is 10.1 Å². The molecular formula is C8H11N3O4. The first kappa shape index (κ1) is 11.2. The van der Waals surface area contributed by atoms with Crippen molar-refractivity contribution in [1.29, 1.82) is 0 Å². The fourth-order valence-corrected chi connectivity index (χ4v) is 1.49. The first-order valence-electron chi connectivity index (χ1n) is 4.31. The van der Waals surface area contributed by atoms with Gasteiger partial charge < -0.3 is 19.8 Å². The molecule has 0 fully saturated rings.